The van der Waals surface area contributed by atoms with E-state index in [4.69, 9.17) is 10.5 Å². The molecule has 0 atom stereocenters. The van der Waals surface area contributed by atoms with Gasteiger partial charge < -0.3 is 25.8 Å². The summed E-state index contributed by atoms with van der Waals surface area (Å²) in [7, 11) is 0. The van der Waals surface area contributed by atoms with Crippen LogP contribution in [0.2, 0.25) is 0 Å². The Hall–Kier alpha value is -3.34. The summed E-state index contributed by atoms with van der Waals surface area (Å²) < 4.78 is 7.84. The van der Waals surface area contributed by atoms with E-state index in [-0.39, 0.29) is 29.0 Å². The quantitative estimate of drug-likeness (QED) is 0.532. The van der Waals surface area contributed by atoms with Gasteiger partial charge in [-0.1, -0.05) is 0 Å². The number of ether oxygens (including phenoxy) is 1. The minimum absolute atomic E-state index is 0.0289. The van der Waals surface area contributed by atoms with Crippen molar-refractivity contribution < 1.29 is 19.4 Å². The fourth-order valence-electron chi connectivity index (χ4n) is 3.89. The van der Waals surface area contributed by atoms with Gasteiger partial charge in [-0.25, -0.2) is 0 Å². The van der Waals surface area contributed by atoms with Gasteiger partial charge in [0.2, 0.25) is 11.8 Å². The molecule has 170 valence electrons. The molecule has 2 aromatic rings. The van der Waals surface area contributed by atoms with Crippen molar-refractivity contribution in [3.8, 4) is 5.88 Å². The van der Waals surface area contributed by atoms with Crippen molar-refractivity contribution in [2.24, 2.45) is 5.92 Å². The van der Waals surface area contributed by atoms with Crippen molar-refractivity contribution in [1.29, 1.82) is 0 Å². The first-order valence-corrected chi connectivity index (χ1v) is 10.9. The molecule has 0 spiro atoms. The highest BCUT2D eigenvalue weighted by Crippen LogP contribution is 2.34. The monoisotopic (exact) mass is 442 g/mol. The van der Waals surface area contributed by atoms with E-state index in [2.05, 4.69) is 10.4 Å². The third-order valence-corrected chi connectivity index (χ3v) is 6.06. The second-order valence-corrected chi connectivity index (χ2v) is 8.61. The van der Waals surface area contributed by atoms with Crippen molar-refractivity contribution in [3.63, 3.8) is 0 Å². The normalized spacial score (nSPS) is 19.1. The molecule has 2 aliphatic carbocycles. The zero-order valence-electron chi connectivity index (χ0n) is 17.6. The lowest BCUT2D eigenvalue weighted by Crippen LogP contribution is -2.39. The average molecular weight is 442 g/mol. The van der Waals surface area contributed by atoms with E-state index < -0.39 is 17.3 Å². The molecule has 3 fully saturated rings. The van der Waals surface area contributed by atoms with E-state index in [0.717, 1.165) is 30.2 Å². The number of aromatic nitrogens is 3. The Labute approximate surface area is 183 Å². The van der Waals surface area contributed by atoms with Crippen molar-refractivity contribution >= 4 is 29.4 Å². The van der Waals surface area contributed by atoms with Gasteiger partial charge in [-0.2, -0.15) is 4.52 Å². The summed E-state index contributed by atoms with van der Waals surface area (Å²) >= 11 is 0. The lowest BCUT2D eigenvalue weighted by Gasteiger charge is -2.25. The summed E-state index contributed by atoms with van der Waals surface area (Å²) in [5.41, 5.74) is 5.65. The summed E-state index contributed by atoms with van der Waals surface area (Å²) in [4.78, 5) is 40.0. The van der Waals surface area contributed by atoms with Crippen LogP contribution in [0.1, 0.15) is 41.6 Å². The maximum atomic E-state index is 13.1. The Kier molecular flexibility index (Phi) is 5.12. The number of nitrogen functional groups attached to an aromatic ring is 1. The summed E-state index contributed by atoms with van der Waals surface area (Å²) in [6.45, 7) is 2.39. The van der Waals surface area contributed by atoms with Gasteiger partial charge in [0.15, 0.2) is 17.0 Å². The number of hydrogen-bond acceptors (Lipinski definition) is 7. The van der Waals surface area contributed by atoms with E-state index in [1.165, 1.54) is 16.7 Å². The topological polar surface area (TPSA) is 144 Å². The number of aromatic hydroxyl groups is 1. The fourth-order valence-corrected chi connectivity index (χ4v) is 3.89. The molecule has 2 aromatic heterocycles. The van der Waals surface area contributed by atoms with Gasteiger partial charge in [0.25, 0.3) is 11.5 Å². The molecule has 5 rings (SSSR count). The van der Waals surface area contributed by atoms with Crippen molar-refractivity contribution in [2.75, 3.05) is 32.0 Å². The SMILES string of the molecule is Nc1nn2c(=O)c(C(=O)NC3CC3)c(O)n(CC3CC3)c2c1/C=C/C(=O)N1CCOCC1. The van der Waals surface area contributed by atoms with Gasteiger partial charge >= 0.3 is 0 Å². The van der Waals surface area contributed by atoms with Crippen molar-refractivity contribution in [1.82, 2.24) is 24.4 Å². The molecule has 1 aliphatic heterocycles. The first-order valence-electron chi connectivity index (χ1n) is 10.9. The van der Waals surface area contributed by atoms with Gasteiger partial charge in [-0.15, -0.1) is 5.10 Å². The standard InChI is InChI=1S/C21H26N6O5/c22-17-14(5-6-15(28)25-7-9-32-10-8-25)19-26(11-12-1-2-12)20(30)16(21(31)27(19)24-17)18(29)23-13-3-4-13/h5-6,12-13,30H,1-4,7-11H2,(H2,22,24)(H,23,29)/b6-5+. The first kappa shape index (κ1) is 20.6. The Morgan fingerprint density at radius 1 is 1.22 bits per heavy atom. The van der Waals surface area contributed by atoms with Crippen LogP contribution in [-0.2, 0) is 16.1 Å². The minimum Gasteiger partial charge on any atom is -0.494 e. The molecule has 0 aromatic carbocycles. The average Bonchev–Trinajstić information content (AvgIpc) is 3.71. The highest BCUT2D eigenvalue weighted by molar-refractivity contribution is 5.97. The maximum Gasteiger partial charge on any atom is 0.291 e. The fraction of sp³-hybridized carbons (Fsp3) is 0.524. The third kappa shape index (κ3) is 3.83. The van der Waals surface area contributed by atoms with Crippen LogP contribution in [-0.4, -0.2) is 68.3 Å². The number of rotatable bonds is 6. The molecule has 4 N–H and O–H groups in total. The molecular weight excluding hydrogens is 416 g/mol. The maximum absolute atomic E-state index is 13.1. The van der Waals surface area contributed by atoms with Crippen molar-refractivity contribution in [2.45, 2.75) is 38.3 Å². The molecule has 11 heteroatoms. The van der Waals surface area contributed by atoms with E-state index in [9.17, 15) is 19.5 Å². The summed E-state index contributed by atoms with van der Waals surface area (Å²) in [6.07, 6.45) is 6.59. The van der Waals surface area contributed by atoms with Gasteiger partial charge in [0.1, 0.15) is 0 Å². The molecule has 1 saturated heterocycles. The highest BCUT2D eigenvalue weighted by atomic mass is 16.5. The predicted octanol–water partition coefficient (Wildman–Crippen LogP) is -0.0420. The number of fused-ring (bicyclic) bond motifs is 1. The van der Waals surface area contributed by atoms with E-state index >= 15 is 0 Å². The zero-order chi connectivity index (χ0) is 22.4. The number of nitrogens with one attached hydrogen (secondary N) is 1. The number of morpholine rings is 1. The second kappa shape index (κ2) is 7.97. The Bertz CT molecular complexity index is 1170. The largest absolute Gasteiger partial charge is 0.494 e. The molecule has 11 nitrogen and oxygen atoms in total. The lowest BCUT2D eigenvalue weighted by molar-refractivity contribution is -0.129. The van der Waals surface area contributed by atoms with Gasteiger partial charge in [-0.05, 0) is 37.7 Å². The smallest absolute Gasteiger partial charge is 0.291 e. The second-order valence-electron chi connectivity index (χ2n) is 8.61. The first-order chi connectivity index (χ1) is 15.4. The predicted molar refractivity (Wildman–Crippen MR) is 115 cm³/mol. The van der Waals surface area contributed by atoms with E-state index in [0.29, 0.717) is 44.3 Å². The van der Waals surface area contributed by atoms with Crippen LogP contribution in [0.25, 0.3) is 11.7 Å². The van der Waals surface area contributed by atoms with Gasteiger partial charge in [-0.3, -0.25) is 19.0 Å². The van der Waals surface area contributed by atoms with Crippen LogP contribution in [0.3, 0.4) is 0 Å². The highest BCUT2D eigenvalue weighted by Gasteiger charge is 2.32. The third-order valence-electron chi connectivity index (χ3n) is 6.06. The van der Waals surface area contributed by atoms with Crippen molar-refractivity contribution in [3.05, 3.63) is 27.6 Å². The number of nitrogens with two attached hydrogens (primary N) is 1. The molecule has 32 heavy (non-hydrogen) atoms. The summed E-state index contributed by atoms with van der Waals surface area (Å²) in [6, 6.07) is 0.0289. The van der Waals surface area contributed by atoms with Crippen LogP contribution < -0.4 is 16.6 Å². The van der Waals surface area contributed by atoms with Crippen LogP contribution in [0.4, 0.5) is 5.82 Å². The molecule has 2 amide bonds. The number of hydrogen-bond donors (Lipinski definition) is 3. The van der Waals surface area contributed by atoms with E-state index in [1.54, 1.807) is 4.90 Å². The van der Waals surface area contributed by atoms with E-state index in [1.807, 2.05) is 0 Å². The molecule has 3 aliphatic rings. The summed E-state index contributed by atoms with van der Waals surface area (Å²) in [5.74, 6) is -0.851. The number of amides is 2. The minimum atomic E-state index is -0.742. The number of carbonyl (C=O) groups excluding carboxylic acids is 2. The van der Waals surface area contributed by atoms with Crippen LogP contribution in [0.15, 0.2) is 10.9 Å². The number of carbonyl (C=O) groups is 2. The Morgan fingerprint density at radius 2 is 1.94 bits per heavy atom. The number of anilines is 1. The van der Waals surface area contributed by atoms with Gasteiger partial charge in [0.05, 0.1) is 18.8 Å². The lowest BCUT2D eigenvalue weighted by atomic mass is 10.2. The van der Waals surface area contributed by atoms with Crippen LogP contribution in [0, 0.1) is 5.92 Å². The molecule has 0 radical (unpaired) electrons. The van der Waals surface area contributed by atoms with Crippen LogP contribution >= 0.6 is 0 Å². The molecule has 0 bridgehead atoms. The summed E-state index contributed by atoms with van der Waals surface area (Å²) in [5, 5.41) is 17.9. The molecular formula is C21H26N6O5. The number of nitrogens with zero attached hydrogens (tertiary/aromatic N) is 4. The Morgan fingerprint density at radius 3 is 2.59 bits per heavy atom. The Balaban J connectivity index is 1.58. The molecule has 3 heterocycles. The van der Waals surface area contributed by atoms with Gasteiger partial charge in [0, 0.05) is 31.8 Å². The zero-order valence-corrected chi connectivity index (χ0v) is 17.6. The van der Waals surface area contributed by atoms with Crippen LogP contribution in [0.5, 0.6) is 5.88 Å². The molecule has 2 saturated carbocycles. The molecule has 0 unspecified atom stereocenters.